The van der Waals surface area contributed by atoms with Crippen LogP contribution in [0.25, 0.3) is 10.9 Å². The number of nitrogens with one attached hydrogen (secondary N) is 2. The van der Waals surface area contributed by atoms with Crippen molar-refractivity contribution < 1.29 is 9.18 Å². The molecule has 1 fully saturated rings. The molecule has 0 radical (unpaired) electrons. The number of amides is 1. The first kappa shape index (κ1) is 22.8. The predicted molar refractivity (Wildman–Crippen MR) is 135 cm³/mol. The van der Waals surface area contributed by atoms with Gasteiger partial charge in [-0.1, -0.05) is 43.2 Å². The molecule has 1 aliphatic carbocycles. The van der Waals surface area contributed by atoms with E-state index in [1.807, 2.05) is 47.3 Å². The minimum Gasteiger partial charge on any atom is -0.365 e. The zero-order valence-corrected chi connectivity index (χ0v) is 19.2. The number of hydrogen-bond acceptors (Lipinski definition) is 6. The van der Waals surface area contributed by atoms with Gasteiger partial charge in [0.25, 0.3) is 5.91 Å². The third-order valence-corrected chi connectivity index (χ3v) is 6.38. The first-order chi connectivity index (χ1) is 17.0. The van der Waals surface area contributed by atoms with E-state index in [0.29, 0.717) is 12.2 Å². The van der Waals surface area contributed by atoms with Gasteiger partial charge in [-0.15, -0.1) is 0 Å². The second-order valence-electron chi connectivity index (χ2n) is 8.99. The molecule has 0 aliphatic heterocycles. The van der Waals surface area contributed by atoms with E-state index >= 15 is 0 Å². The standard InChI is InChI=1S/C26H28FN7O/c27-20-13-19(24(29)35)25(32-26(20)31-23-9-5-4-8-21(23)28)30-18-10-11-22-17(12-18)15-34(33-22)14-16-6-2-1-3-7-16/h1-3,6-7,10-13,15,21,23H,4-5,8-9,14,28H2,(H2,29,35)(H2,30,31,32)/t21-,23?/m0/s1. The molecule has 6 N–H and O–H groups in total. The molecule has 1 amide bonds. The number of primary amides is 1. The number of rotatable bonds is 7. The van der Waals surface area contributed by atoms with Gasteiger partial charge in [-0.2, -0.15) is 5.10 Å². The van der Waals surface area contributed by atoms with E-state index in [4.69, 9.17) is 11.5 Å². The van der Waals surface area contributed by atoms with E-state index in [1.54, 1.807) is 0 Å². The molecule has 0 spiro atoms. The first-order valence-electron chi connectivity index (χ1n) is 11.8. The summed E-state index contributed by atoms with van der Waals surface area (Å²) in [5.74, 6) is -1.17. The number of carbonyl (C=O) groups excluding carboxylic acids is 1. The van der Waals surface area contributed by atoms with E-state index in [-0.39, 0.29) is 29.3 Å². The normalized spacial score (nSPS) is 17.9. The number of nitrogens with zero attached hydrogens (tertiary/aromatic N) is 3. The summed E-state index contributed by atoms with van der Waals surface area (Å²) in [6.45, 7) is 0.655. The van der Waals surface area contributed by atoms with Gasteiger partial charge in [0.2, 0.25) is 0 Å². The van der Waals surface area contributed by atoms with Gasteiger partial charge >= 0.3 is 0 Å². The molecule has 1 unspecified atom stereocenters. The highest BCUT2D eigenvalue weighted by Crippen LogP contribution is 2.28. The van der Waals surface area contributed by atoms with Crippen molar-refractivity contribution in [3.8, 4) is 0 Å². The Balaban J connectivity index is 1.41. The highest BCUT2D eigenvalue weighted by molar-refractivity contribution is 5.99. The Morgan fingerprint density at radius 1 is 1.09 bits per heavy atom. The number of hydrogen-bond donors (Lipinski definition) is 4. The van der Waals surface area contributed by atoms with Crippen molar-refractivity contribution in [2.45, 2.75) is 44.3 Å². The van der Waals surface area contributed by atoms with Gasteiger partial charge in [0.1, 0.15) is 5.82 Å². The number of carbonyl (C=O) groups is 1. The van der Waals surface area contributed by atoms with Crippen molar-refractivity contribution in [1.29, 1.82) is 0 Å². The van der Waals surface area contributed by atoms with Gasteiger partial charge in [-0.05, 0) is 42.7 Å². The Morgan fingerprint density at radius 2 is 1.89 bits per heavy atom. The highest BCUT2D eigenvalue weighted by atomic mass is 19.1. The van der Waals surface area contributed by atoms with E-state index in [2.05, 4.69) is 32.8 Å². The Morgan fingerprint density at radius 3 is 2.66 bits per heavy atom. The summed E-state index contributed by atoms with van der Waals surface area (Å²) in [7, 11) is 0. The van der Waals surface area contributed by atoms with Gasteiger partial charge in [-0.25, -0.2) is 9.37 Å². The number of anilines is 3. The summed E-state index contributed by atoms with van der Waals surface area (Å²) in [6, 6.07) is 16.7. The van der Waals surface area contributed by atoms with Crippen LogP contribution in [0.3, 0.4) is 0 Å². The number of fused-ring (bicyclic) bond motifs is 1. The fraction of sp³-hybridized carbons (Fsp3) is 0.269. The molecule has 2 aromatic carbocycles. The van der Waals surface area contributed by atoms with Crippen LogP contribution in [0.15, 0.2) is 60.8 Å². The summed E-state index contributed by atoms with van der Waals surface area (Å²) in [4.78, 5) is 16.4. The molecule has 2 atom stereocenters. The average molecular weight is 474 g/mol. The molecule has 1 saturated carbocycles. The number of benzene rings is 2. The zero-order chi connectivity index (χ0) is 24.4. The maximum absolute atomic E-state index is 14.8. The number of aromatic nitrogens is 3. The van der Waals surface area contributed by atoms with Crippen LogP contribution in [0.1, 0.15) is 41.6 Å². The molecule has 2 aromatic heterocycles. The van der Waals surface area contributed by atoms with Crippen molar-refractivity contribution in [3.63, 3.8) is 0 Å². The number of pyridine rings is 1. The molecule has 9 heteroatoms. The first-order valence-corrected chi connectivity index (χ1v) is 11.8. The minimum absolute atomic E-state index is 0.0270. The third kappa shape index (κ3) is 5.09. The van der Waals surface area contributed by atoms with Gasteiger partial charge in [0, 0.05) is 29.4 Å². The van der Waals surface area contributed by atoms with Gasteiger partial charge in [-0.3, -0.25) is 9.48 Å². The van der Waals surface area contributed by atoms with Crippen molar-refractivity contribution in [2.24, 2.45) is 11.5 Å². The van der Waals surface area contributed by atoms with Crippen LogP contribution < -0.4 is 22.1 Å². The Labute approximate surface area is 202 Å². The lowest BCUT2D eigenvalue weighted by Gasteiger charge is -2.30. The van der Waals surface area contributed by atoms with E-state index in [0.717, 1.165) is 48.2 Å². The molecular formula is C26H28FN7O. The van der Waals surface area contributed by atoms with Gasteiger partial charge < -0.3 is 22.1 Å². The lowest BCUT2D eigenvalue weighted by Crippen LogP contribution is -2.43. The van der Waals surface area contributed by atoms with Gasteiger partial charge in [0.15, 0.2) is 11.6 Å². The van der Waals surface area contributed by atoms with Crippen molar-refractivity contribution in [2.75, 3.05) is 10.6 Å². The summed E-state index contributed by atoms with van der Waals surface area (Å²) < 4.78 is 16.7. The largest absolute Gasteiger partial charge is 0.365 e. The van der Waals surface area contributed by atoms with Crippen LogP contribution in [0.5, 0.6) is 0 Å². The highest BCUT2D eigenvalue weighted by Gasteiger charge is 2.24. The summed E-state index contributed by atoms with van der Waals surface area (Å²) in [5.41, 5.74) is 14.4. The quantitative estimate of drug-likeness (QED) is 0.320. The lowest BCUT2D eigenvalue weighted by atomic mass is 9.91. The predicted octanol–water partition coefficient (Wildman–Crippen LogP) is 4.14. The van der Waals surface area contributed by atoms with E-state index in [1.165, 1.54) is 0 Å². The van der Waals surface area contributed by atoms with E-state index < -0.39 is 11.7 Å². The second kappa shape index (κ2) is 9.71. The Kier molecular flexibility index (Phi) is 6.33. The molecule has 2 heterocycles. The smallest absolute Gasteiger partial charge is 0.252 e. The van der Waals surface area contributed by atoms with Crippen molar-refractivity contribution in [1.82, 2.24) is 14.8 Å². The Hall–Kier alpha value is -3.98. The fourth-order valence-corrected chi connectivity index (χ4v) is 4.53. The summed E-state index contributed by atoms with van der Waals surface area (Å²) in [5, 5.41) is 11.8. The monoisotopic (exact) mass is 473 g/mol. The molecule has 8 nitrogen and oxygen atoms in total. The summed E-state index contributed by atoms with van der Waals surface area (Å²) >= 11 is 0. The van der Waals surface area contributed by atoms with Crippen LogP contribution in [-0.4, -0.2) is 32.8 Å². The Bertz CT molecular complexity index is 1350. The molecule has 0 saturated heterocycles. The molecule has 0 bridgehead atoms. The van der Waals surface area contributed by atoms with Crippen LogP contribution in [-0.2, 0) is 6.54 Å². The average Bonchev–Trinajstić information content (AvgIpc) is 3.24. The molecule has 35 heavy (non-hydrogen) atoms. The topological polar surface area (TPSA) is 124 Å². The number of halogens is 1. The fourth-order valence-electron chi connectivity index (χ4n) is 4.53. The SMILES string of the molecule is NC(=O)c1cc(F)c(NC2CCCC[C@@H]2N)nc1Nc1ccc2nn(Cc3ccccc3)cc2c1. The van der Waals surface area contributed by atoms with Crippen LogP contribution >= 0.6 is 0 Å². The molecule has 5 rings (SSSR count). The molecular weight excluding hydrogens is 445 g/mol. The van der Waals surface area contributed by atoms with E-state index in [9.17, 15) is 9.18 Å². The van der Waals surface area contributed by atoms with Crippen LogP contribution in [0, 0.1) is 5.82 Å². The van der Waals surface area contributed by atoms with Crippen LogP contribution in [0.2, 0.25) is 0 Å². The molecule has 180 valence electrons. The summed E-state index contributed by atoms with van der Waals surface area (Å²) in [6.07, 6.45) is 5.76. The molecule has 1 aliphatic rings. The zero-order valence-electron chi connectivity index (χ0n) is 19.2. The second-order valence-corrected chi connectivity index (χ2v) is 8.99. The third-order valence-electron chi connectivity index (χ3n) is 6.38. The number of nitrogens with two attached hydrogens (primary N) is 2. The van der Waals surface area contributed by atoms with Crippen LogP contribution in [0.4, 0.5) is 21.7 Å². The van der Waals surface area contributed by atoms with Crippen molar-refractivity contribution in [3.05, 3.63) is 77.7 Å². The molecule has 4 aromatic rings. The lowest BCUT2D eigenvalue weighted by molar-refractivity contribution is 0.100. The van der Waals surface area contributed by atoms with Gasteiger partial charge in [0.05, 0.1) is 17.6 Å². The maximum atomic E-state index is 14.8. The van der Waals surface area contributed by atoms with Crippen molar-refractivity contribution >= 4 is 34.1 Å². The minimum atomic E-state index is -0.767. The maximum Gasteiger partial charge on any atom is 0.252 e.